The van der Waals surface area contributed by atoms with Crippen molar-refractivity contribution < 1.29 is 9.53 Å². The quantitative estimate of drug-likeness (QED) is 0.704. The Labute approximate surface area is 78.5 Å². The minimum Gasteiger partial charge on any atom is -0.451 e. The maximum Gasteiger partial charge on any atom is 0.418 e. The first-order valence-corrected chi connectivity index (χ1v) is 4.23. The summed E-state index contributed by atoms with van der Waals surface area (Å²) in [4.78, 5) is 10.1. The van der Waals surface area contributed by atoms with Crippen LogP contribution in [0.3, 0.4) is 0 Å². The average molecular weight is 177 g/mol. The van der Waals surface area contributed by atoms with Gasteiger partial charge in [-0.25, -0.2) is 4.79 Å². The SMILES string of the molecule is CC(C)(Cc1ccccc1)O[C]=O. The Morgan fingerprint density at radius 2 is 1.92 bits per heavy atom. The molecule has 0 amide bonds. The third-order valence-corrected chi connectivity index (χ3v) is 1.79. The summed E-state index contributed by atoms with van der Waals surface area (Å²) in [6.07, 6.45) is 0.711. The molecule has 0 aromatic heterocycles. The van der Waals surface area contributed by atoms with Gasteiger partial charge in [-0.1, -0.05) is 30.3 Å². The molecular weight excluding hydrogens is 164 g/mol. The largest absolute Gasteiger partial charge is 0.451 e. The van der Waals surface area contributed by atoms with Gasteiger partial charge in [0.15, 0.2) is 0 Å². The lowest BCUT2D eigenvalue weighted by atomic mass is 9.99. The lowest BCUT2D eigenvalue weighted by Crippen LogP contribution is -2.26. The second-order valence-electron chi connectivity index (χ2n) is 3.61. The molecule has 0 N–H and O–H groups in total. The number of hydrogen-bond acceptors (Lipinski definition) is 2. The van der Waals surface area contributed by atoms with E-state index in [1.807, 2.05) is 44.2 Å². The molecule has 0 heterocycles. The summed E-state index contributed by atoms with van der Waals surface area (Å²) in [5, 5.41) is 0. The Morgan fingerprint density at radius 1 is 1.31 bits per heavy atom. The van der Waals surface area contributed by atoms with Crippen LogP contribution in [0.2, 0.25) is 0 Å². The summed E-state index contributed by atoms with van der Waals surface area (Å²) in [5.74, 6) is 0. The minimum absolute atomic E-state index is 0.469. The van der Waals surface area contributed by atoms with Gasteiger partial charge in [0.1, 0.15) is 5.60 Å². The van der Waals surface area contributed by atoms with E-state index in [1.165, 1.54) is 6.47 Å². The van der Waals surface area contributed by atoms with Crippen molar-refractivity contribution in [2.75, 3.05) is 0 Å². The van der Waals surface area contributed by atoms with Gasteiger partial charge >= 0.3 is 6.47 Å². The fourth-order valence-corrected chi connectivity index (χ4v) is 1.24. The van der Waals surface area contributed by atoms with Gasteiger partial charge in [0.05, 0.1) is 0 Å². The molecular formula is C11H13O2. The van der Waals surface area contributed by atoms with Crippen molar-refractivity contribution in [3.63, 3.8) is 0 Å². The highest BCUT2D eigenvalue weighted by Crippen LogP contribution is 2.15. The molecule has 0 unspecified atom stereocenters. The van der Waals surface area contributed by atoms with Gasteiger partial charge in [0.25, 0.3) is 0 Å². The smallest absolute Gasteiger partial charge is 0.418 e. The Hall–Kier alpha value is -1.31. The molecule has 0 spiro atoms. The Balaban J connectivity index is 2.63. The molecule has 0 bridgehead atoms. The zero-order valence-electron chi connectivity index (χ0n) is 7.91. The van der Waals surface area contributed by atoms with E-state index < -0.39 is 5.60 Å². The van der Waals surface area contributed by atoms with E-state index in [-0.39, 0.29) is 0 Å². The zero-order valence-corrected chi connectivity index (χ0v) is 7.91. The summed E-state index contributed by atoms with van der Waals surface area (Å²) in [5.41, 5.74) is 0.686. The predicted molar refractivity (Wildman–Crippen MR) is 51.0 cm³/mol. The highest BCUT2D eigenvalue weighted by atomic mass is 16.5. The second kappa shape index (κ2) is 4.08. The lowest BCUT2D eigenvalue weighted by Gasteiger charge is -2.21. The van der Waals surface area contributed by atoms with Crippen LogP contribution in [0.15, 0.2) is 30.3 Å². The van der Waals surface area contributed by atoms with Gasteiger partial charge in [0.2, 0.25) is 0 Å². The van der Waals surface area contributed by atoms with Crippen molar-refractivity contribution in [3.8, 4) is 0 Å². The van der Waals surface area contributed by atoms with Crippen LogP contribution in [-0.4, -0.2) is 12.1 Å². The van der Waals surface area contributed by atoms with Crippen LogP contribution < -0.4 is 0 Å². The second-order valence-corrected chi connectivity index (χ2v) is 3.61. The molecule has 0 aliphatic heterocycles. The van der Waals surface area contributed by atoms with E-state index in [2.05, 4.69) is 0 Å². The van der Waals surface area contributed by atoms with Gasteiger partial charge in [-0.2, -0.15) is 0 Å². The number of hydrogen-bond donors (Lipinski definition) is 0. The molecule has 2 nitrogen and oxygen atoms in total. The van der Waals surface area contributed by atoms with Crippen molar-refractivity contribution in [2.45, 2.75) is 25.9 Å². The van der Waals surface area contributed by atoms with Gasteiger partial charge in [-0.3, -0.25) is 0 Å². The molecule has 1 rings (SSSR count). The molecule has 13 heavy (non-hydrogen) atoms. The Morgan fingerprint density at radius 3 is 2.46 bits per heavy atom. The summed E-state index contributed by atoms with van der Waals surface area (Å²) in [7, 11) is 0. The molecule has 2 heteroatoms. The number of rotatable bonds is 4. The zero-order chi connectivity index (χ0) is 9.73. The van der Waals surface area contributed by atoms with Crippen molar-refractivity contribution in [1.29, 1.82) is 0 Å². The van der Waals surface area contributed by atoms with Crippen LogP contribution in [0.1, 0.15) is 19.4 Å². The first-order valence-electron chi connectivity index (χ1n) is 4.23. The summed E-state index contributed by atoms with van der Waals surface area (Å²) >= 11 is 0. The summed E-state index contributed by atoms with van der Waals surface area (Å²) in [6, 6.07) is 9.92. The number of ether oxygens (including phenoxy) is 1. The average Bonchev–Trinajstić information content (AvgIpc) is 2.04. The molecule has 0 aliphatic rings. The summed E-state index contributed by atoms with van der Waals surface area (Å²) < 4.78 is 4.83. The van der Waals surface area contributed by atoms with Crippen molar-refractivity contribution in [2.24, 2.45) is 0 Å². The van der Waals surface area contributed by atoms with E-state index in [1.54, 1.807) is 0 Å². The van der Waals surface area contributed by atoms with Crippen LogP contribution in [0.5, 0.6) is 0 Å². The normalized spacial score (nSPS) is 10.9. The Kier molecular flexibility index (Phi) is 3.07. The molecule has 0 fully saturated rings. The molecule has 1 aromatic carbocycles. The van der Waals surface area contributed by atoms with Crippen molar-refractivity contribution in [1.82, 2.24) is 0 Å². The molecule has 69 valence electrons. The third kappa shape index (κ3) is 3.28. The first-order chi connectivity index (χ1) is 6.14. The molecule has 0 aliphatic carbocycles. The molecule has 1 aromatic rings. The third-order valence-electron chi connectivity index (χ3n) is 1.79. The van der Waals surface area contributed by atoms with Crippen LogP contribution in [0.25, 0.3) is 0 Å². The molecule has 1 radical (unpaired) electrons. The van der Waals surface area contributed by atoms with E-state index in [0.29, 0.717) is 6.42 Å². The highest BCUT2D eigenvalue weighted by Gasteiger charge is 2.19. The highest BCUT2D eigenvalue weighted by molar-refractivity contribution is 5.39. The molecule has 0 saturated carbocycles. The first kappa shape index (κ1) is 9.78. The van der Waals surface area contributed by atoms with E-state index in [0.717, 1.165) is 5.56 Å². The lowest BCUT2D eigenvalue weighted by molar-refractivity contribution is 0.0898. The van der Waals surface area contributed by atoms with Gasteiger partial charge in [-0.05, 0) is 19.4 Å². The number of benzene rings is 1. The van der Waals surface area contributed by atoms with E-state index >= 15 is 0 Å². The predicted octanol–water partition coefficient (Wildman–Crippen LogP) is 2.09. The Bertz CT molecular complexity index is 265. The van der Waals surface area contributed by atoms with Crippen LogP contribution in [0.4, 0.5) is 0 Å². The fourth-order valence-electron chi connectivity index (χ4n) is 1.24. The molecule has 0 saturated heterocycles. The monoisotopic (exact) mass is 177 g/mol. The van der Waals surface area contributed by atoms with E-state index in [9.17, 15) is 4.79 Å². The number of carbonyl (C=O) groups excluding carboxylic acids is 1. The van der Waals surface area contributed by atoms with Gasteiger partial charge < -0.3 is 4.74 Å². The maximum atomic E-state index is 10.1. The maximum absolute atomic E-state index is 10.1. The van der Waals surface area contributed by atoms with Crippen molar-refractivity contribution in [3.05, 3.63) is 35.9 Å². The van der Waals surface area contributed by atoms with Crippen LogP contribution in [0, 0.1) is 0 Å². The fraction of sp³-hybridized carbons (Fsp3) is 0.364. The van der Waals surface area contributed by atoms with Crippen LogP contribution >= 0.6 is 0 Å². The standard InChI is InChI=1S/C11H13O2/c1-11(2,13-9-12)8-10-6-4-3-5-7-10/h3-7H,8H2,1-2H3. The topological polar surface area (TPSA) is 26.3 Å². The summed E-state index contributed by atoms with van der Waals surface area (Å²) in [6.45, 7) is 5.21. The molecule has 0 atom stereocenters. The van der Waals surface area contributed by atoms with Gasteiger partial charge in [0, 0.05) is 6.42 Å². The van der Waals surface area contributed by atoms with Crippen molar-refractivity contribution >= 4 is 6.47 Å². The van der Waals surface area contributed by atoms with Gasteiger partial charge in [-0.15, -0.1) is 0 Å². The minimum atomic E-state index is -0.469. The van der Waals surface area contributed by atoms with E-state index in [4.69, 9.17) is 4.74 Å². The van der Waals surface area contributed by atoms with Crippen LogP contribution in [-0.2, 0) is 16.0 Å².